The molecule has 3 saturated carbocycles. The van der Waals surface area contributed by atoms with Crippen LogP contribution in [0.25, 0.3) is 10.1 Å². The number of rotatable bonds is 5. The second-order valence-corrected chi connectivity index (χ2v) is 12.6. The lowest BCUT2D eigenvalue weighted by atomic mass is 9.78. The largest absolute Gasteiger partial charge is 0.353 e. The van der Waals surface area contributed by atoms with Crippen LogP contribution in [0.5, 0.6) is 0 Å². The zero-order chi connectivity index (χ0) is 23.5. The molecule has 194 valence electrons. The lowest BCUT2D eigenvalue weighted by Gasteiger charge is -2.40. The van der Waals surface area contributed by atoms with Crippen molar-refractivity contribution in [3.05, 3.63) is 24.3 Å². The highest BCUT2D eigenvalue weighted by atomic mass is 35.5. The Balaban J connectivity index is 0.00000240. The summed E-state index contributed by atoms with van der Waals surface area (Å²) < 4.78 is 6.02. The molecule has 0 spiro atoms. The van der Waals surface area contributed by atoms with Gasteiger partial charge in [0.15, 0.2) is 0 Å². The quantitative estimate of drug-likeness (QED) is 0.527. The molecule has 2 saturated heterocycles. The molecule has 1 aromatic heterocycles. The van der Waals surface area contributed by atoms with E-state index in [2.05, 4.69) is 34.1 Å². The number of hydrogen-bond acceptors (Lipinski definition) is 6. The molecule has 36 heavy (non-hydrogen) atoms. The predicted octanol–water partition coefficient (Wildman–Crippen LogP) is 4.68. The molecule has 0 radical (unpaired) electrons. The Kier molecular flexibility index (Phi) is 6.76. The number of carbonyl (C=O) groups is 2. The van der Waals surface area contributed by atoms with Gasteiger partial charge in [-0.15, -0.1) is 12.4 Å². The molecule has 2 bridgehead atoms. The van der Waals surface area contributed by atoms with Crippen LogP contribution in [0.1, 0.15) is 44.9 Å². The van der Waals surface area contributed by atoms with Gasteiger partial charge in [-0.05, 0) is 79.4 Å². The zero-order valence-corrected chi connectivity index (χ0v) is 22.5. The van der Waals surface area contributed by atoms with Crippen LogP contribution in [0.15, 0.2) is 24.3 Å². The maximum atomic E-state index is 13.3. The first-order valence-electron chi connectivity index (χ1n) is 13.8. The van der Waals surface area contributed by atoms with E-state index in [-0.39, 0.29) is 36.1 Å². The summed E-state index contributed by atoms with van der Waals surface area (Å²) in [7, 11) is 0. The van der Waals surface area contributed by atoms with Crippen molar-refractivity contribution in [2.45, 2.75) is 44.9 Å². The van der Waals surface area contributed by atoms with Crippen LogP contribution in [0.4, 0.5) is 5.82 Å². The van der Waals surface area contributed by atoms with Gasteiger partial charge >= 0.3 is 0 Å². The normalized spacial score (nSPS) is 34.4. The first-order chi connectivity index (χ1) is 17.2. The Labute approximate surface area is 224 Å². The smallest absolute Gasteiger partial charge is 0.233 e. The average molecular weight is 529 g/mol. The molecule has 0 N–H and O–H groups in total. The summed E-state index contributed by atoms with van der Waals surface area (Å²) in [6, 6.07) is 8.54. The predicted molar refractivity (Wildman–Crippen MR) is 145 cm³/mol. The molecule has 6 atom stereocenters. The Morgan fingerprint density at radius 3 is 2.17 bits per heavy atom. The van der Waals surface area contributed by atoms with Crippen LogP contribution in [0.2, 0.25) is 0 Å². The van der Waals surface area contributed by atoms with Gasteiger partial charge in [0.05, 0.1) is 16.5 Å². The summed E-state index contributed by atoms with van der Waals surface area (Å²) in [4.78, 5) is 33.4. The fourth-order valence-electron chi connectivity index (χ4n) is 8.22. The van der Waals surface area contributed by atoms with E-state index in [1.165, 1.54) is 29.3 Å². The molecule has 8 heteroatoms. The lowest BCUT2D eigenvalue weighted by Crippen LogP contribution is -2.49. The standard InChI is InChI=1S/C28H36N4O2S.ClH/c33-27-24-18-9-10-19(15-18)25(24)28(34)32(27)17-21-6-2-1-5-20(21)16-30-11-13-31(14-12-30)26-22-7-3-4-8-23(22)35-29-26;/h3-4,7-8,18-21,24-25H,1-2,5-6,9-17H2;1H/t18-,19+,20-,21+,24-,25+;/m1./s1. The first-order valence-corrected chi connectivity index (χ1v) is 14.6. The van der Waals surface area contributed by atoms with Crippen molar-refractivity contribution in [1.29, 1.82) is 0 Å². The molecule has 5 fully saturated rings. The molecule has 7 rings (SSSR count). The number of imide groups is 1. The Morgan fingerprint density at radius 1 is 0.833 bits per heavy atom. The molecular formula is C28H37ClN4O2S. The summed E-state index contributed by atoms with van der Waals surface area (Å²) in [6.45, 7) is 5.93. The lowest BCUT2D eigenvalue weighted by molar-refractivity contribution is -0.142. The molecule has 2 aliphatic heterocycles. The molecule has 6 nitrogen and oxygen atoms in total. The minimum Gasteiger partial charge on any atom is -0.353 e. The number of amides is 2. The highest BCUT2D eigenvalue weighted by molar-refractivity contribution is 7.13. The SMILES string of the molecule is Cl.O=C1[C@@H]2[C@@H]3CC[C@@H](C3)[C@@H]2C(=O)N1C[C@@H]1CCCC[C@@H]1CN1CCN(c2nsc3ccccc23)CC1. The number of likely N-dealkylation sites (tertiary alicyclic amines) is 1. The van der Waals surface area contributed by atoms with E-state index < -0.39 is 0 Å². The second-order valence-electron chi connectivity index (χ2n) is 11.8. The van der Waals surface area contributed by atoms with Gasteiger partial charge in [-0.3, -0.25) is 19.4 Å². The molecular weight excluding hydrogens is 492 g/mol. The number of piperazine rings is 1. The van der Waals surface area contributed by atoms with Crippen LogP contribution in [-0.2, 0) is 9.59 Å². The van der Waals surface area contributed by atoms with E-state index in [0.29, 0.717) is 30.2 Å². The molecule has 3 heterocycles. The fraction of sp³-hybridized carbons (Fsp3) is 0.679. The van der Waals surface area contributed by atoms with Crippen molar-refractivity contribution < 1.29 is 9.59 Å². The van der Waals surface area contributed by atoms with E-state index in [4.69, 9.17) is 4.37 Å². The fourth-order valence-corrected chi connectivity index (χ4v) is 9.02. The minimum absolute atomic E-state index is 0. The number of anilines is 1. The van der Waals surface area contributed by atoms with Crippen molar-refractivity contribution in [2.24, 2.45) is 35.5 Å². The van der Waals surface area contributed by atoms with Gasteiger partial charge in [0.2, 0.25) is 11.8 Å². The summed E-state index contributed by atoms with van der Waals surface area (Å²) in [5.41, 5.74) is 0. The van der Waals surface area contributed by atoms with Gasteiger partial charge in [-0.1, -0.05) is 25.0 Å². The molecule has 3 aliphatic carbocycles. The van der Waals surface area contributed by atoms with Gasteiger partial charge in [0, 0.05) is 44.7 Å². The third-order valence-electron chi connectivity index (χ3n) is 10.0. The van der Waals surface area contributed by atoms with Crippen LogP contribution < -0.4 is 4.90 Å². The summed E-state index contributed by atoms with van der Waals surface area (Å²) in [5.74, 6) is 3.59. The van der Waals surface area contributed by atoms with Crippen molar-refractivity contribution in [3.8, 4) is 0 Å². The van der Waals surface area contributed by atoms with Gasteiger partial charge in [-0.2, -0.15) is 4.37 Å². The van der Waals surface area contributed by atoms with Crippen LogP contribution in [0, 0.1) is 35.5 Å². The monoisotopic (exact) mass is 528 g/mol. The third-order valence-corrected chi connectivity index (χ3v) is 10.8. The number of benzene rings is 1. The van der Waals surface area contributed by atoms with Gasteiger partial charge in [0.25, 0.3) is 0 Å². The van der Waals surface area contributed by atoms with Crippen molar-refractivity contribution >= 4 is 51.7 Å². The number of halogens is 1. The summed E-state index contributed by atoms with van der Waals surface area (Å²) in [6.07, 6.45) is 8.35. The van der Waals surface area contributed by atoms with E-state index in [1.807, 2.05) is 0 Å². The second kappa shape index (κ2) is 9.88. The minimum atomic E-state index is 0. The van der Waals surface area contributed by atoms with E-state index >= 15 is 0 Å². The van der Waals surface area contributed by atoms with Crippen molar-refractivity contribution in [1.82, 2.24) is 14.2 Å². The van der Waals surface area contributed by atoms with E-state index in [0.717, 1.165) is 64.2 Å². The van der Waals surface area contributed by atoms with Gasteiger partial charge in [-0.25, -0.2) is 0 Å². The number of nitrogens with zero attached hydrogens (tertiary/aromatic N) is 4. The van der Waals surface area contributed by atoms with Crippen LogP contribution in [0.3, 0.4) is 0 Å². The van der Waals surface area contributed by atoms with Crippen molar-refractivity contribution in [3.63, 3.8) is 0 Å². The van der Waals surface area contributed by atoms with Gasteiger partial charge < -0.3 is 4.90 Å². The first kappa shape index (κ1) is 24.6. The topological polar surface area (TPSA) is 56.8 Å². The van der Waals surface area contributed by atoms with Crippen molar-refractivity contribution in [2.75, 3.05) is 44.2 Å². The van der Waals surface area contributed by atoms with Crippen LogP contribution in [-0.4, -0.2) is 65.3 Å². The highest BCUT2D eigenvalue weighted by Crippen LogP contribution is 2.56. The highest BCUT2D eigenvalue weighted by Gasteiger charge is 2.61. The molecule has 0 unspecified atom stereocenters. The number of carbonyl (C=O) groups excluding carboxylic acids is 2. The Morgan fingerprint density at radius 2 is 1.47 bits per heavy atom. The number of fused-ring (bicyclic) bond motifs is 6. The zero-order valence-electron chi connectivity index (χ0n) is 20.9. The number of aromatic nitrogens is 1. The molecule has 1 aromatic carbocycles. The Bertz CT molecular complexity index is 1100. The average Bonchev–Trinajstić information content (AvgIpc) is 3.66. The maximum absolute atomic E-state index is 13.3. The summed E-state index contributed by atoms with van der Waals surface area (Å²) in [5, 5.41) is 1.27. The maximum Gasteiger partial charge on any atom is 0.233 e. The van der Waals surface area contributed by atoms with E-state index in [1.54, 1.807) is 16.4 Å². The third kappa shape index (κ3) is 4.06. The summed E-state index contributed by atoms with van der Waals surface area (Å²) >= 11 is 1.60. The van der Waals surface area contributed by atoms with Gasteiger partial charge in [0.1, 0.15) is 5.82 Å². The Hall–Kier alpha value is -1.70. The molecule has 5 aliphatic rings. The molecule has 2 aromatic rings. The molecule has 2 amide bonds. The number of hydrogen-bond donors (Lipinski definition) is 0. The van der Waals surface area contributed by atoms with Crippen LogP contribution >= 0.6 is 23.9 Å². The van der Waals surface area contributed by atoms with E-state index in [9.17, 15) is 9.59 Å².